The summed E-state index contributed by atoms with van der Waals surface area (Å²) in [7, 11) is 0. The lowest BCUT2D eigenvalue weighted by molar-refractivity contribution is 0.0933. The zero-order chi connectivity index (χ0) is 19.7. The number of carbonyl (C=O) groups is 2. The number of carbonyl (C=O) groups excluding carboxylic acids is 1. The molecule has 2 heterocycles. The van der Waals surface area contributed by atoms with Crippen LogP contribution in [-0.4, -0.2) is 39.1 Å². The highest BCUT2D eigenvalue weighted by molar-refractivity contribution is 6.00. The lowest BCUT2D eigenvalue weighted by Crippen LogP contribution is -2.41. The van der Waals surface area contributed by atoms with Gasteiger partial charge in [-0.25, -0.2) is 4.79 Å². The van der Waals surface area contributed by atoms with E-state index in [2.05, 4.69) is 15.6 Å². The fourth-order valence-electron chi connectivity index (χ4n) is 3.12. The second kappa shape index (κ2) is 7.07. The molecule has 0 spiro atoms. The topological polar surface area (TPSA) is 109 Å². The van der Waals surface area contributed by atoms with E-state index in [1.54, 1.807) is 17.5 Å². The van der Waals surface area contributed by atoms with Crippen molar-refractivity contribution in [2.24, 2.45) is 0 Å². The molecular formula is C20H18N4O4. The molecule has 8 nitrogen and oxygen atoms in total. The Labute approximate surface area is 159 Å². The van der Waals surface area contributed by atoms with Gasteiger partial charge in [0.25, 0.3) is 5.91 Å². The van der Waals surface area contributed by atoms with Crippen molar-refractivity contribution in [2.75, 3.05) is 6.54 Å². The number of imidazole rings is 1. The van der Waals surface area contributed by atoms with Crippen molar-refractivity contribution in [3.05, 3.63) is 60.6 Å². The molecule has 8 heteroatoms. The minimum Gasteiger partial charge on any atom is -0.465 e. The Morgan fingerprint density at radius 2 is 2.00 bits per heavy atom. The van der Waals surface area contributed by atoms with Gasteiger partial charge in [-0.2, -0.15) is 4.98 Å². The number of oxazole rings is 1. The van der Waals surface area contributed by atoms with E-state index < -0.39 is 12.1 Å². The zero-order valence-corrected chi connectivity index (χ0v) is 15.0. The third kappa shape index (κ3) is 3.27. The third-order valence-electron chi connectivity index (χ3n) is 4.44. The van der Waals surface area contributed by atoms with E-state index in [0.717, 1.165) is 16.3 Å². The summed E-state index contributed by atoms with van der Waals surface area (Å²) in [6.07, 6.45) is 1.94. The van der Waals surface area contributed by atoms with Gasteiger partial charge in [0.15, 0.2) is 0 Å². The van der Waals surface area contributed by atoms with Gasteiger partial charge >= 0.3 is 11.9 Å². The van der Waals surface area contributed by atoms with E-state index in [1.807, 2.05) is 42.5 Å². The van der Waals surface area contributed by atoms with Crippen LogP contribution in [0.4, 0.5) is 4.79 Å². The van der Waals surface area contributed by atoms with Crippen LogP contribution in [-0.2, 0) is 0 Å². The number of nitrogens with one attached hydrogen (secondary N) is 2. The number of nitrogens with zero attached hydrogens (tertiary/aromatic N) is 2. The molecule has 0 saturated heterocycles. The first-order valence-electron chi connectivity index (χ1n) is 8.75. The zero-order valence-electron chi connectivity index (χ0n) is 15.0. The molecule has 4 rings (SSSR count). The number of aromatic nitrogens is 2. The average molecular weight is 378 g/mol. The Bertz CT molecular complexity index is 1180. The van der Waals surface area contributed by atoms with Gasteiger partial charge < -0.3 is 20.2 Å². The van der Waals surface area contributed by atoms with Gasteiger partial charge in [0, 0.05) is 24.3 Å². The van der Waals surface area contributed by atoms with Crippen molar-refractivity contribution in [1.82, 2.24) is 20.0 Å². The number of hydrogen-bond acceptors (Lipinski definition) is 4. The van der Waals surface area contributed by atoms with E-state index in [-0.39, 0.29) is 12.5 Å². The molecule has 2 amide bonds. The van der Waals surface area contributed by atoms with Crippen LogP contribution in [0.3, 0.4) is 0 Å². The van der Waals surface area contributed by atoms with Gasteiger partial charge in [0.05, 0.1) is 0 Å². The summed E-state index contributed by atoms with van der Waals surface area (Å²) in [5.74, 6) is -0.0543. The minimum atomic E-state index is -1.14. The lowest BCUT2D eigenvalue weighted by atomic mass is 10.0. The Kier molecular flexibility index (Phi) is 4.44. The molecule has 0 saturated carbocycles. The molecule has 1 unspecified atom stereocenters. The fourth-order valence-corrected chi connectivity index (χ4v) is 3.12. The fraction of sp³-hybridized carbons (Fsp3) is 0.150. The first-order valence-corrected chi connectivity index (χ1v) is 8.75. The van der Waals surface area contributed by atoms with Crippen molar-refractivity contribution in [1.29, 1.82) is 0 Å². The average Bonchev–Trinajstić information content (AvgIpc) is 3.27. The van der Waals surface area contributed by atoms with Crippen molar-refractivity contribution in [3.63, 3.8) is 0 Å². The van der Waals surface area contributed by atoms with Gasteiger partial charge in [-0.15, -0.1) is 0 Å². The normalized spacial score (nSPS) is 12.2. The maximum atomic E-state index is 12.9. The van der Waals surface area contributed by atoms with E-state index in [9.17, 15) is 9.59 Å². The Morgan fingerprint density at radius 3 is 2.79 bits per heavy atom. The number of fused-ring (bicyclic) bond motifs is 2. The molecule has 0 radical (unpaired) electrons. The van der Waals surface area contributed by atoms with Crippen LogP contribution >= 0.6 is 0 Å². The summed E-state index contributed by atoms with van der Waals surface area (Å²) in [6.45, 7) is 1.82. The molecule has 0 fully saturated rings. The van der Waals surface area contributed by atoms with E-state index in [1.165, 1.54) is 6.26 Å². The lowest BCUT2D eigenvalue weighted by Gasteiger charge is -2.14. The van der Waals surface area contributed by atoms with Gasteiger partial charge in [-0.05, 0) is 23.8 Å². The van der Waals surface area contributed by atoms with Crippen LogP contribution in [0.1, 0.15) is 17.4 Å². The molecule has 0 aliphatic carbocycles. The number of hydrogen-bond donors (Lipinski definition) is 3. The van der Waals surface area contributed by atoms with Crippen LogP contribution in [0.2, 0.25) is 0 Å². The first kappa shape index (κ1) is 17.6. The number of amides is 2. The minimum absolute atomic E-state index is 0.0969. The predicted molar refractivity (Wildman–Crippen MR) is 103 cm³/mol. The SMILES string of the molecule is CC(CNC(=O)O)NC(=O)c1c(-c2ccc3ccccc3c2)nc2occn12. The Morgan fingerprint density at radius 1 is 1.21 bits per heavy atom. The second-order valence-electron chi connectivity index (χ2n) is 6.49. The monoisotopic (exact) mass is 378 g/mol. The van der Waals surface area contributed by atoms with Gasteiger partial charge in [0.1, 0.15) is 17.7 Å². The standard InChI is InChI=1S/C20H18N4O4/c1-12(11-21-20(26)27)22-18(25)17-16(23-19-24(17)8-9-28-19)15-7-6-13-4-2-3-5-14(13)10-15/h2-10,12,21H,11H2,1H3,(H,22,25)(H,26,27). The van der Waals surface area contributed by atoms with Crippen molar-refractivity contribution < 1.29 is 19.1 Å². The second-order valence-corrected chi connectivity index (χ2v) is 6.49. The van der Waals surface area contributed by atoms with E-state index >= 15 is 0 Å². The summed E-state index contributed by atoms with van der Waals surface area (Å²) >= 11 is 0. The number of rotatable bonds is 5. The van der Waals surface area contributed by atoms with Gasteiger partial charge in [-0.3, -0.25) is 9.20 Å². The van der Waals surface area contributed by atoms with Gasteiger partial charge in [0.2, 0.25) is 0 Å². The molecule has 2 aromatic heterocycles. The molecule has 4 aromatic rings. The largest absolute Gasteiger partial charge is 0.465 e. The molecule has 142 valence electrons. The van der Waals surface area contributed by atoms with Crippen molar-refractivity contribution >= 4 is 28.6 Å². The molecule has 3 N–H and O–H groups in total. The molecule has 0 aliphatic rings. The summed E-state index contributed by atoms with van der Waals surface area (Å²) < 4.78 is 6.94. The maximum Gasteiger partial charge on any atom is 0.404 e. The maximum absolute atomic E-state index is 12.9. The smallest absolute Gasteiger partial charge is 0.404 e. The molecule has 1 atom stereocenters. The highest BCUT2D eigenvalue weighted by Gasteiger charge is 2.23. The predicted octanol–water partition coefficient (Wildman–Crippen LogP) is 3.13. The van der Waals surface area contributed by atoms with Crippen molar-refractivity contribution in [2.45, 2.75) is 13.0 Å². The molecule has 28 heavy (non-hydrogen) atoms. The van der Waals surface area contributed by atoms with Crippen LogP contribution in [0.15, 0.2) is 59.3 Å². The van der Waals surface area contributed by atoms with Crippen LogP contribution in [0.5, 0.6) is 0 Å². The molecule has 0 bridgehead atoms. The van der Waals surface area contributed by atoms with Crippen LogP contribution in [0, 0.1) is 0 Å². The molecular weight excluding hydrogens is 360 g/mol. The van der Waals surface area contributed by atoms with E-state index in [4.69, 9.17) is 9.52 Å². The van der Waals surface area contributed by atoms with Crippen LogP contribution in [0.25, 0.3) is 27.9 Å². The van der Waals surface area contributed by atoms with E-state index in [0.29, 0.717) is 17.2 Å². The summed E-state index contributed by atoms with van der Waals surface area (Å²) in [6, 6.07) is 13.4. The first-order chi connectivity index (χ1) is 13.5. The van der Waals surface area contributed by atoms with Crippen LogP contribution < -0.4 is 10.6 Å². The molecule has 0 aliphatic heterocycles. The molecule has 2 aromatic carbocycles. The van der Waals surface area contributed by atoms with Gasteiger partial charge in [-0.1, -0.05) is 36.4 Å². The Balaban J connectivity index is 1.72. The summed E-state index contributed by atoms with van der Waals surface area (Å²) in [5.41, 5.74) is 1.63. The summed E-state index contributed by atoms with van der Waals surface area (Å²) in [4.78, 5) is 28.1. The quantitative estimate of drug-likeness (QED) is 0.494. The summed E-state index contributed by atoms with van der Waals surface area (Å²) in [5, 5.41) is 15.9. The number of benzene rings is 2. The number of carboxylic acid groups (broad SMARTS) is 1. The highest BCUT2D eigenvalue weighted by atomic mass is 16.4. The third-order valence-corrected chi connectivity index (χ3v) is 4.44. The Hall–Kier alpha value is -3.81. The van der Waals surface area contributed by atoms with Crippen molar-refractivity contribution in [3.8, 4) is 11.3 Å². The highest BCUT2D eigenvalue weighted by Crippen LogP contribution is 2.28.